The van der Waals surface area contributed by atoms with Gasteiger partial charge < -0.3 is 0 Å². The number of aryl methyl sites for hydroxylation is 2. The zero-order valence-corrected chi connectivity index (χ0v) is 24.1. The number of halogens is 1. The molecule has 0 saturated heterocycles. The van der Waals surface area contributed by atoms with Gasteiger partial charge in [-0.15, -0.1) is 6.58 Å². The molecule has 0 spiro atoms. The molecule has 38 heavy (non-hydrogen) atoms. The molecular weight excluding hydrogens is 467 g/mol. The Kier molecular flexibility index (Phi) is 16.0. The minimum Gasteiger partial charge on any atom is -0.252 e. The minimum atomic E-state index is -0.200. The lowest BCUT2D eigenvalue weighted by molar-refractivity contribution is 0.624. The van der Waals surface area contributed by atoms with Gasteiger partial charge in [-0.25, -0.2) is 4.39 Å². The van der Waals surface area contributed by atoms with Crippen molar-refractivity contribution in [2.75, 3.05) is 0 Å². The van der Waals surface area contributed by atoms with E-state index in [0.29, 0.717) is 5.56 Å². The van der Waals surface area contributed by atoms with E-state index in [1.807, 2.05) is 50.2 Å². The fourth-order valence-electron chi connectivity index (χ4n) is 4.07. The summed E-state index contributed by atoms with van der Waals surface area (Å²) in [5.41, 5.74) is 7.75. The van der Waals surface area contributed by atoms with Crippen molar-refractivity contribution in [2.24, 2.45) is 0 Å². The molecule has 202 valence electrons. The van der Waals surface area contributed by atoms with Crippen molar-refractivity contribution < 1.29 is 4.39 Å². The van der Waals surface area contributed by atoms with E-state index in [1.54, 1.807) is 12.1 Å². The Labute approximate surface area is 231 Å². The maximum atomic E-state index is 13.5. The molecule has 3 heteroatoms. The second-order valence-corrected chi connectivity index (χ2v) is 9.25. The van der Waals surface area contributed by atoms with Crippen LogP contribution in [-0.4, -0.2) is 4.98 Å². The van der Waals surface area contributed by atoms with Crippen molar-refractivity contribution in [3.8, 4) is 17.3 Å². The van der Waals surface area contributed by atoms with E-state index in [-0.39, 0.29) is 5.82 Å². The molecule has 3 aromatic rings. The van der Waals surface area contributed by atoms with Gasteiger partial charge in [0.15, 0.2) is 0 Å². The van der Waals surface area contributed by atoms with E-state index < -0.39 is 0 Å². The first kappa shape index (κ1) is 32.5. The van der Waals surface area contributed by atoms with Gasteiger partial charge >= 0.3 is 0 Å². The standard InChI is InChI=1S/C27H27FN2.C6H12.C2H6/c1-3-4-9-20(2)24-16-17-27(25-14-6-5-12-22(25)19-29)30-26(24)15-8-11-21-10-7-13-23(28)18-21;1-4-5-6(2)3;1-2/h5-7,10,12-14,16-18H,2-4,8-9,11,15H2,1H3;2,4-5H2,1,3H3;1-2H3. The third kappa shape index (κ3) is 11.3. The summed E-state index contributed by atoms with van der Waals surface area (Å²) in [5, 5.41) is 9.46. The van der Waals surface area contributed by atoms with E-state index in [4.69, 9.17) is 4.98 Å². The smallest absolute Gasteiger partial charge is 0.123 e. The van der Waals surface area contributed by atoms with Crippen LogP contribution in [-0.2, 0) is 12.8 Å². The number of nitrogens with zero attached hydrogens (tertiary/aromatic N) is 2. The molecule has 0 fully saturated rings. The molecule has 0 saturated carbocycles. The van der Waals surface area contributed by atoms with Gasteiger partial charge in [0.25, 0.3) is 0 Å². The Morgan fingerprint density at radius 1 is 0.895 bits per heavy atom. The largest absolute Gasteiger partial charge is 0.252 e. The van der Waals surface area contributed by atoms with Crippen LogP contribution in [0.25, 0.3) is 16.8 Å². The first-order chi connectivity index (χ1) is 18.4. The topological polar surface area (TPSA) is 36.7 Å². The zero-order chi connectivity index (χ0) is 28.3. The summed E-state index contributed by atoms with van der Waals surface area (Å²) >= 11 is 0. The predicted octanol–water partition coefficient (Wildman–Crippen LogP) is 10.5. The summed E-state index contributed by atoms with van der Waals surface area (Å²) in [6, 6.07) is 20.6. The van der Waals surface area contributed by atoms with Gasteiger partial charge in [0.2, 0.25) is 0 Å². The van der Waals surface area contributed by atoms with Crippen LogP contribution in [0.1, 0.15) is 95.5 Å². The molecule has 0 bridgehead atoms. The van der Waals surface area contributed by atoms with E-state index >= 15 is 0 Å². The van der Waals surface area contributed by atoms with E-state index in [9.17, 15) is 9.65 Å². The van der Waals surface area contributed by atoms with E-state index in [2.05, 4.69) is 46.1 Å². The van der Waals surface area contributed by atoms with Gasteiger partial charge in [-0.2, -0.15) is 5.26 Å². The van der Waals surface area contributed by atoms with Crippen LogP contribution in [0.5, 0.6) is 0 Å². The van der Waals surface area contributed by atoms with Crippen molar-refractivity contribution in [1.29, 1.82) is 5.26 Å². The Hall–Kier alpha value is -3.51. The second kappa shape index (κ2) is 18.7. The first-order valence-electron chi connectivity index (χ1n) is 14.0. The number of aromatic nitrogens is 1. The number of rotatable bonds is 11. The summed E-state index contributed by atoms with van der Waals surface area (Å²) in [4.78, 5) is 4.94. The maximum absolute atomic E-state index is 13.5. The number of unbranched alkanes of at least 4 members (excludes halogenated alkanes) is 1. The third-order valence-electron chi connectivity index (χ3n) is 5.96. The molecule has 0 atom stereocenters. The molecule has 2 aromatic carbocycles. The highest BCUT2D eigenvalue weighted by Crippen LogP contribution is 2.28. The summed E-state index contributed by atoms with van der Waals surface area (Å²) in [5.74, 6) is -0.200. The minimum absolute atomic E-state index is 0.200. The molecule has 0 aliphatic carbocycles. The van der Waals surface area contributed by atoms with Gasteiger partial charge in [-0.05, 0) is 86.4 Å². The maximum Gasteiger partial charge on any atom is 0.123 e. The fraction of sp³-hybridized carbons (Fsp3) is 0.371. The van der Waals surface area contributed by atoms with Crippen molar-refractivity contribution in [2.45, 2.75) is 86.0 Å². The molecule has 0 N–H and O–H groups in total. The van der Waals surface area contributed by atoms with Crippen LogP contribution in [0, 0.1) is 17.1 Å². The highest BCUT2D eigenvalue weighted by molar-refractivity contribution is 5.71. The molecule has 0 radical (unpaired) electrons. The summed E-state index contributed by atoms with van der Waals surface area (Å²) in [6.07, 6.45) is 8.01. The molecule has 0 aliphatic heterocycles. The summed E-state index contributed by atoms with van der Waals surface area (Å²) in [7, 11) is 0. The van der Waals surface area contributed by atoms with Crippen molar-refractivity contribution >= 4 is 5.57 Å². The van der Waals surface area contributed by atoms with E-state index in [1.165, 1.54) is 24.5 Å². The van der Waals surface area contributed by atoms with Crippen molar-refractivity contribution in [3.05, 3.63) is 108 Å². The number of benzene rings is 2. The molecule has 0 amide bonds. The fourth-order valence-corrected chi connectivity index (χ4v) is 4.07. The highest BCUT2D eigenvalue weighted by atomic mass is 19.1. The van der Waals surface area contributed by atoms with Crippen LogP contribution in [0.2, 0.25) is 0 Å². The van der Waals surface area contributed by atoms with Gasteiger partial charge in [0.05, 0.1) is 17.3 Å². The van der Waals surface area contributed by atoms with Crippen LogP contribution in [0.3, 0.4) is 0 Å². The molecular formula is C35H45FN2. The SMILES string of the molecule is C=C(C)CCC.C=C(CCCC)c1ccc(-c2ccccc2C#N)nc1CCCc1cccc(F)c1.CC. The number of pyridine rings is 1. The molecule has 0 unspecified atom stereocenters. The quantitative estimate of drug-likeness (QED) is 0.240. The average Bonchev–Trinajstić information content (AvgIpc) is 2.93. The van der Waals surface area contributed by atoms with Crippen molar-refractivity contribution in [3.63, 3.8) is 0 Å². The van der Waals surface area contributed by atoms with Crippen LogP contribution in [0.4, 0.5) is 4.39 Å². The normalized spacial score (nSPS) is 9.82. The number of hydrogen-bond donors (Lipinski definition) is 0. The summed E-state index contributed by atoms with van der Waals surface area (Å²) < 4.78 is 13.5. The molecule has 3 rings (SSSR count). The number of allylic oxidation sites excluding steroid dienone is 2. The Morgan fingerprint density at radius 3 is 2.24 bits per heavy atom. The Balaban J connectivity index is 0.000000795. The lowest BCUT2D eigenvalue weighted by Crippen LogP contribution is -2.01. The van der Waals surface area contributed by atoms with Crippen LogP contribution in [0.15, 0.2) is 79.4 Å². The average molecular weight is 513 g/mol. The van der Waals surface area contributed by atoms with Gasteiger partial charge in [-0.1, -0.05) is 89.1 Å². The highest BCUT2D eigenvalue weighted by Gasteiger charge is 2.12. The molecule has 1 heterocycles. The van der Waals surface area contributed by atoms with Gasteiger partial charge in [-0.3, -0.25) is 4.98 Å². The Bertz CT molecular complexity index is 1190. The lowest BCUT2D eigenvalue weighted by atomic mass is 9.95. The predicted molar refractivity (Wildman–Crippen MR) is 162 cm³/mol. The van der Waals surface area contributed by atoms with Gasteiger partial charge in [0, 0.05) is 11.3 Å². The zero-order valence-electron chi connectivity index (χ0n) is 24.1. The molecule has 0 aliphatic rings. The first-order valence-corrected chi connectivity index (χ1v) is 14.0. The number of hydrogen-bond acceptors (Lipinski definition) is 2. The Morgan fingerprint density at radius 2 is 1.63 bits per heavy atom. The van der Waals surface area contributed by atoms with E-state index in [0.717, 1.165) is 72.2 Å². The molecule has 2 nitrogen and oxygen atoms in total. The van der Waals surface area contributed by atoms with Crippen molar-refractivity contribution in [1.82, 2.24) is 4.98 Å². The monoisotopic (exact) mass is 512 g/mol. The second-order valence-electron chi connectivity index (χ2n) is 9.25. The summed E-state index contributed by atoms with van der Waals surface area (Å²) in [6.45, 7) is 18.4. The van der Waals surface area contributed by atoms with Crippen LogP contribution >= 0.6 is 0 Å². The number of nitriles is 1. The van der Waals surface area contributed by atoms with Gasteiger partial charge in [0.1, 0.15) is 5.82 Å². The van der Waals surface area contributed by atoms with Crippen LogP contribution < -0.4 is 0 Å². The third-order valence-corrected chi connectivity index (χ3v) is 5.96. The lowest BCUT2D eigenvalue weighted by Gasteiger charge is -2.14. The molecule has 1 aromatic heterocycles.